The van der Waals surface area contributed by atoms with Gasteiger partial charge >= 0.3 is 0 Å². The Hall–Kier alpha value is -1.39. The summed E-state index contributed by atoms with van der Waals surface area (Å²) in [5.41, 5.74) is 5.65. The largest absolute Gasteiger partial charge is 0.383 e. The van der Waals surface area contributed by atoms with E-state index in [0.29, 0.717) is 18.3 Å². The number of nitrogens with one attached hydrogen (secondary N) is 2. The van der Waals surface area contributed by atoms with Crippen LogP contribution in [0.1, 0.15) is 9.67 Å². The number of carbonyl (C=O) groups excluding carboxylic acids is 1. The first-order chi connectivity index (χ1) is 9.33. The molecule has 114 valence electrons. The zero-order valence-electron chi connectivity index (χ0n) is 11.3. The molecule has 0 saturated carbocycles. The van der Waals surface area contributed by atoms with Crippen LogP contribution in [-0.4, -0.2) is 58.1 Å². The molecule has 1 aromatic heterocycles. The van der Waals surface area contributed by atoms with E-state index in [-0.39, 0.29) is 23.0 Å². The van der Waals surface area contributed by atoms with Crippen molar-refractivity contribution in [2.75, 3.05) is 49.9 Å². The Morgan fingerprint density at radius 2 is 2.15 bits per heavy atom. The summed E-state index contributed by atoms with van der Waals surface area (Å²) in [5.74, 6) is -0.425. The predicted molar refractivity (Wildman–Crippen MR) is 78.9 cm³/mol. The van der Waals surface area contributed by atoms with Crippen molar-refractivity contribution < 1.29 is 17.9 Å². The first-order valence-corrected chi connectivity index (χ1v) is 8.66. The normalized spacial score (nSPS) is 11.3. The average Bonchev–Trinajstić information content (AvgIpc) is 2.69. The maximum Gasteiger partial charge on any atom is 0.265 e. The van der Waals surface area contributed by atoms with Crippen LogP contribution in [0, 0.1) is 0 Å². The number of amides is 1. The number of nitrogens with two attached hydrogens (primary N) is 1. The van der Waals surface area contributed by atoms with E-state index in [1.807, 2.05) is 0 Å². The van der Waals surface area contributed by atoms with Crippen molar-refractivity contribution in [2.45, 2.75) is 0 Å². The van der Waals surface area contributed by atoms with Crippen molar-refractivity contribution in [3.05, 3.63) is 4.88 Å². The summed E-state index contributed by atoms with van der Waals surface area (Å²) in [4.78, 5) is 16.1. The lowest BCUT2D eigenvalue weighted by Crippen LogP contribution is -2.28. The first kappa shape index (κ1) is 16.7. The van der Waals surface area contributed by atoms with Gasteiger partial charge in [-0.2, -0.15) is 0 Å². The van der Waals surface area contributed by atoms with Gasteiger partial charge < -0.3 is 21.1 Å². The summed E-state index contributed by atoms with van der Waals surface area (Å²) in [5, 5.41) is 5.99. The van der Waals surface area contributed by atoms with Crippen molar-refractivity contribution >= 4 is 38.0 Å². The molecule has 0 aromatic carbocycles. The summed E-state index contributed by atoms with van der Waals surface area (Å²) in [6.45, 7) is 1.11. The molecule has 0 aliphatic heterocycles. The summed E-state index contributed by atoms with van der Waals surface area (Å²) >= 11 is 1.11. The Bertz CT molecular complexity index is 556. The minimum atomic E-state index is -3.11. The molecule has 0 saturated heterocycles. The van der Waals surface area contributed by atoms with Gasteiger partial charge in [-0.15, -0.1) is 0 Å². The molecule has 10 heteroatoms. The zero-order chi connectivity index (χ0) is 15.2. The van der Waals surface area contributed by atoms with Crippen molar-refractivity contribution in [2.24, 2.45) is 0 Å². The van der Waals surface area contributed by atoms with Crippen LogP contribution in [0.15, 0.2) is 0 Å². The molecule has 0 unspecified atom stereocenters. The monoisotopic (exact) mass is 322 g/mol. The van der Waals surface area contributed by atoms with Gasteiger partial charge in [-0.3, -0.25) is 4.79 Å². The summed E-state index contributed by atoms with van der Waals surface area (Å²) in [6, 6.07) is 0. The van der Waals surface area contributed by atoms with E-state index in [0.717, 1.165) is 17.6 Å². The van der Waals surface area contributed by atoms with Gasteiger partial charge in [-0.25, -0.2) is 13.4 Å². The smallest absolute Gasteiger partial charge is 0.265 e. The predicted octanol–water partition coefficient (Wildman–Crippen LogP) is -0.442. The van der Waals surface area contributed by atoms with Crippen molar-refractivity contribution in [3.8, 4) is 0 Å². The fourth-order valence-corrected chi connectivity index (χ4v) is 2.56. The quantitative estimate of drug-likeness (QED) is 0.554. The third-order valence-corrected chi connectivity index (χ3v) is 4.17. The maximum absolute atomic E-state index is 11.8. The molecule has 1 heterocycles. The lowest BCUT2D eigenvalue weighted by Gasteiger charge is -2.02. The van der Waals surface area contributed by atoms with Crippen LogP contribution in [0.5, 0.6) is 0 Å². The lowest BCUT2D eigenvalue weighted by atomic mass is 10.4. The van der Waals surface area contributed by atoms with Crippen molar-refractivity contribution in [3.63, 3.8) is 0 Å². The highest BCUT2D eigenvalue weighted by Gasteiger charge is 2.16. The van der Waals surface area contributed by atoms with Crippen LogP contribution in [0.25, 0.3) is 0 Å². The van der Waals surface area contributed by atoms with Crippen molar-refractivity contribution in [1.29, 1.82) is 0 Å². The number of methoxy groups -OCH3 is 1. The molecule has 8 nitrogen and oxygen atoms in total. The van der Waals surface area contributed by atoms with Gasteiger partial charge in [0.1, 0.15) is 20.5 Å². The van der Waals surface area contributed by atoms with Gasteiger partial charge in [0, 0.05) is 26.5 Å². The molecule has 0 atom stereocenters. The highest BCUT2D eigenvalue weighted by molar-refractivity contribution is 7.90. The van der Waals surface area contributed by atoms with Crippen LogP contribution in [-0.2, 0) is 14.6 Å². The number of sulfone groups is 1. The molecule has 1 amide bonds. The molecule has 0 aliphatic carbocycles. The van der Waals surface area contributed by atoms with E-state index in [1.165, 1.54) is 0 Å². The second-order valence-electron chi connectivity index (χ2n) is 4.04. The highest BCUT2D eigenvalue weighted by atomic mass is 32.2. The molecule has 0 aliphatic rings. The van der Waals surface area contributed by atoms with E-state index in [1.54, 1.807) is 7.11 Å². The summed E-state index contributed by atoms with van der Waals surface area (Å²) in [6.07, 6.45) is 1.11. The minimum absolute atomic E-state index is 0.0431. The van der Waals surface area contributed by atoms with E-state index >= 15 is 0 Å². The van der Waals surface area contributed by atoms with Crippen LogP contribution in [0.3, 0.4) is 0 Å². The topological polar surface area (TPSA) is 123 Å². The standard InChI is InChI=1S/C10H18N4O4S2/c1-18-5-3-13-10-14-8(11)7(19-10)9(15)12-4-6-20(2,16)17/h3-6,11H2,1-2H3,(H,12,15)(H,13,14). The summed E-state index contributed by atoms with van der Waals surface area (Å²) in [7, 11) is -1.52. The van der Waals surface area contributed by atoms with Gasteiger partial charge in [0.15, 0.2) is 5.13 Å². The first-order valence-electron chi connectivity index (χ1n) is 5.78. The Labute approximate surface area is 121 Å². The van der Waals surface area contributed by atoms with Gasteiger partial charge in [0.25, 0.3) is 5.91 Å². The van der Waals surface area contributed by atoms with E-state index in [4.69, 9.17) is 10.5 Å². The number of ether oxygens (including phenoxy) is 1. The number of nitrogen functional groups attached to an aromatic ring is 1. The fourth-order valence-electron chi connectivity index (χ4n) is 1.26. The second kappa shape index (κ2) is 7.41. The second-order valence-corrected chi connectivity index (χ2v) is 7.30. The number of carbonyl (C=O) groups is 1. The SMILES string of the molecule is COCCNc1nc(N)c(C(=O)NCCS(C)(=O)=O)s1. The Balaban J connectivity index is 2.55. The summed E-state index contributed by atoms with van der Waals surface area (Å²) < 4.78 is 26.8. The van der Waals surface area contributed by atoms with Gasteiger partial charge in [0.05, 0.1) is 12.4 Å². The number of hydrogen-bond donors (Lipinski definition) is 3. The fraction of sp³-hybridized carbons (Fsp3) is 0.600. The number of hydrogen-bond acceptors (Lipinski definition) is 8. The Kier molecular flexibility index (Phi) is 6.17. The van der Waals surface area contributed by atoms with Gasteiger partial charge in [0.2, 0.25) is 0 Å². The Morgan fingerprint density at radius 1 is 1.45 bits per heavy atom. The molecule has 1 rings (SSSR count). The number of nitrogens with zero attached hydrogens (tertiary/aromatic N) is 1. The maximum atomic E-state index is 11.8. The molecular formula is C10H18N4O4S2. The third-order valence-electron chi connectivity index (χ3n) is 2.20. The molecule has 4 N–H and O–H groups in total. The van der Waals surface area contributed by atoms with Crippen LogP contribution in [0.4, 0.5) is 10.9 Å². The molecule has 0 spiro atoms. The van der Waals surface area contributed by atoms with Gasteiger partial charge in [-0.1, -0.05) is 11.3 Å². The minimum Gasteiger partial charge on any atom is -0.383 e. The van der Waals surface area contributed by atoms with E-state index in [9.17, 15) is 13.2 Å². The van der Waals surface area contributed by atoms with Crippen molar-refractivity contribution in [1.82, 2.24) is 10.3 Å². The molecule has 20 heavy (non-hydrogen) atoms. The van der Waals surface area contributed by atoms with Crippen LogP contribution >= 0.6 is 11.3 Å². The molecule has 0 fully saturated rings. The highest BCUT2D eigenvalue weighted by Crippen LogP contribution is 2.24. The van der Waals surface area contributed by atoms with E-state index < -0.39 is 15.7 Å². The van der Waals surface area contributed by atoms with E-state index in [2.05, 4.69) is 15.6 Å². The number of anilines is 2. The zero-order valence-corrected chi connectivity index (χ0v) is 12.9. The number of aromatic nitrogens is 1. The third kappa shape index (κ3) is 5.72. The molecule has 0 radical (unpaired) electrons. The Morgan fingerprint density at radius 3 is 2.75 bits per heavy atom. The molecule has 1 aromatic rings. The van der Waals surface area contributed by atoms with Crippen LogP contribution < -0.4 is 16.4 Å². The van der Waals surface area contributed by atoms with Gasteiger partial charge in [-0.05, 0) is 0 Å². The van der Waals surface area contributed by atoms with Crippen LogP contribution in [0.2, 0.25) is 0 Å². The lowest BCUT2D eigenvalue weighted by molar-refractivity contribution is 0.0961. The average molecular weight is 322 g/mol. The molecular weight excluding hydrogens is 304 g/mol. The number of rotatable bonds is 8. The number of thiazole rings is 1. The molecule has 0 bridgehead atoms.